The second-order valence-corrected chi connectivity index (χ2v) is 9.34. The summed E-state index contributed by atoms with van der Waals surface area (Å²) in [6.45, 7) is 2.22. The van der Waals surface area contributed by atoms with E-state index in [-0.39, 0.29) is 29.1 Å². The lowest BCUT2D eigenvalue weighted by Crippen LogP contribution is -2.46. The van der Waals surface area contributed by atoms with E-state index < -0.39 is 11.8 Å². The van der Waals surface area contributed by atoms with Crippen LogP contribution in [0, 0.1) is 29.0 Å². The van der Waals surface area contributed by atoms with E-state index in [1.165, 1.54) is 37.5 Å². The van der Waals surface area contributed by atoms with Crippen LogP contribution in [0.15, 0.2) is 47.7 Å². The number of aromatic nitrogens is 2. The summed E-state index contributed by atoms with van der Waals surface area (Å²) in [5, 5.41) is 4.59. The van der Waals surface area contributed by atoms with E-state index in [0.717, 1.165) is 36.2 Å². The zero-order valence-electron chi connectivity index (χ0n) is 19.0. The van der Waals surface area contributed by atoms with Gasteiger partial charge in [0.15, 0.2) is 0 Å². The van der Waals surface area contributed by atoms with Crippen LogP contribution in [0.1, 0.15) is 37.4 Å². The third-order valence-electron chi connectivity index (χ3n) is 7.72. The topological polar surface area (TPSA) is 70.4 Å². The molecule has 1 aromatic heterocycles. The van der Waals surface area contributed by atoms with Gasteiger partial charge in [-0.1, -0.05) is 24.1 Å². The Morgan fingerprint density at radius 2 is 1.88 bits per heavy atom. The maximum Gasteiger partial charge on any atom is 0.310 e. The molecule has 1 fully saturated rings. The first-order chi connectivity index (χ1) is 15.9. The molecule has 7 heteroatoms. The molecule has 0 bridgehead atoms. The Hall–Kier alpha value is -3.22. The standard InChI is InChI=1S/C26H27FN2O4/c1-26-13-15-14-28-29(18-7-5-17(27)6-8-18)22(15)12-16(26)4-9-19-21(26)11-10-20(24(30)32-2)23(19)25(31)33-3/h5-8,11-12,14,19-20,23H,4,9-10,13H2,1-3H3/t19-,20+,23+,26+/m1/s1. The van der Waals surface area contributed by atoms with Crippen LogP contribution in [-0.4, -0.2) is 35.9 Å². The van der Waals surface area contributed by atoms with Crippen molar-refractivity contribution < 1.29 is 23.5 Å². The number of esters is 2. The Balaban J connectivity index is 1.54. The lowest BCUT2D eigenvalue weighted by atomic mass is 9.54. The summed E-state index contributed by atoms with van der Waals surface area (Å²) in [7, 11) is 2.74. The Morgan fingerprint density at radius 3 is 2.58 bits per heavy atom. The predicted octanol–water partition coefficient (Wildman–Crippen LogP) is 4.28. The van der Waals surface area contributed by atoms with E-state index in [1.807, 2.05) is 10.9 Å². The van der Waals surface area contributed by atoms with E-state index in [1.54, 1.807) is 12.1 Å². The fraction of sp³-hybridized carbons (Fsp3) is 0.423. The molecule has 172 valence electrons. The number of halogens is 1. The summed E-state index contributed by atoms with van der Waals surface area (Å²) < 4.78 is 25.4. The largest absolute Gasteiger partial charge is 0.469 e. The summed E-state index contributed by atoms with van der Waals surface area (Å²) in [6, 6.07) is 6.32. The fourth-order valence-electron chi connectivity index (χ4n) is 6.09. The molecule has 0 N–H and O–H groups in total. The second kappa shape index (κ2) is 7.97. The van der Waals surface area contributed by atoms with Crippen LogP contribution in [0.5, 0.6) is 0 Å². The smallest absolute Gasteiger partial charge is 0.310 e. The molecule has 3 aliphatic carbocycles. The minimum absolute atomic E-state index is 0.0638. The van der Waals surface area contributed by atoms with Crippen molar-refractivity contribution in [2.45, 2.75) is 32.6 Å². The minimum Gasteiger partial charge on any atom is -0.469 e. The first-order valence-electron chi connectivity index (χ1n) is 11.3. The van der Waals surface area contributed by atoms with Crippen LogP contribution in [-0.2, 0) is 25.5 Å². The Kier molecular flexibility index (Phi) is 5.22. The molecule has 6 nitrogen and oxygen atoms in total. The van der Waals surface area contributed by atoms with Gasteiger partial charge in [0, 0.05) is 5.41 Å². The number of hydrogen-bond acceptors (Lipinski definition) is 5. The maximum atomic E-state index is 13.4. The van der Waals surface area contributed by atoms with Gasteiger partial charge in [0.25, 0.3) is 0 Å². The predicted molar refractivity (Wildman–Crippen MR) is 120 cm³/mol. The van der Waals surface area contributed by atoms with E-state index >= 15 is 0 Å². The molecule has 5 rings (SSSR count). The number of allylic oxidation sites excluding steroid dienone is 3. The van der Waals surface area contributed by atoms with E-state index in [9.17, 15) is 14.0 Å². The number of ether oxygens (including phenoxy) is 2. The number of carbonyl (C=O) groups excluding carboxylic acids is 2. The van der Waals surface area contributed by atoms with Gasteiger partial charge in [-0.3, -0.25) is 9.59 Å². The quantitative estimate of drug-likeness (QED) is 0.516. The minimum atomic E-state index is -0.538. The molecule has 2 aromatic rings. The van der Waals surface area contributed by atoms with Gasteiger partial charge in [0.05, 0.1) is 43.6 Å². The van der Waals surface area contributed by atoms with Gasteiger partial charge >= 0.3 is 11.9 Å². The molecule has 1 saturated carbocycles. The number of rotatable bonds is 3. The number of methoxy groups -OCH3 is 2. The van der Waals surface area contributed by atoms with Gasteiger partial charge in [0.1, 0.15) is 5.82 Å². The highest BCUT2D eigenvalue weighted by Crippen LogP contribution is 2.57. The molecular weight excluding hydrogens is 423 g/mol. The van der Waals surface area contributed by atoms with Crippen LogP contribution >= 0.6 is 0 Å². The average Bonchev–Trinajstić information content (AvgIpc) is 3.23. The molecule has 0 radical (unpaired) electrons. The maximum absolute atomic E-state index is 13.4. The number of fused-ring (bicyclic) bond motifs is 4. The zero-order chi connectivity index (χ0) is 23.3. The number of hydrogen-bond donors (Lipinski definition) is 0. The lowest BCUT2D eigenvalue weighted by molar-refractivity contribution is -0.160. The SMILES string of the molecule is COC(=O)[C@@H]1[C@@H](C(=O)OC)CC=C2[C@H]1CCC1=Cc3c(cnn3-c3ccc(F)cc3)C[C@@]12C. The Labute approximate surface area is 192 Å². The van der Waals surface area contributed by atoms with E-state index in [4.69, 9.17) is 9.47 Å². The van der Waals surface area contributed by atoms with Crippen molar-refractivity contribution in [3.8, 4) is 5.69 Å². The van der Waals surface area contributed by atoms with Crippen LogP contribution in [0.25, 0.3) is 11.8 Å². The van der Waals surface area contributed by atoms with Crippen LogP contribution in [0.3, 0.4) is 0 Å². The third kappa shape index (κ3) is 3.33. The van der Waals surface area contributed by atoms with Crippen molar-refractivity contribution in [2.75, 3.05) is 14.2 Å². The van der Waals surface area contributed by atoms with Gasteiger partial charge in [0.2, 0.25) is 0 Å². The normalized spacial score (nSPS) is 27.9. The van der Waals surface area contributed by atoms with Crippen molar-refractivity contribution in [1.29, 1.82) is 0 Å². The molecule has 0 saturated heterocycles. The number of carbonyl (C=O) groups is 2. The molecule has 0 aliphatic heterocycles. The Bertz CT molecular complexity index is 1180. The highest BCUT2D eigenvalue weighted by molar-refractivity contribution is 5.83. The van der Waals surface area contributed by atoms with Crippen LogP contribution < -0.4 is 0 Å². The van der Waals surface area contributed by atoms with Crippen LogP contribution in [0.4, 0.5) is 4.39 Å². The first-order valence-corrected chi connectivity index (χ1v) is 11.3. The Morgan fingerprint density at radius 1 is 1.15 bits per heavy atom. The number of benzene rings is 1. The van der Waals surface area contributed by atoms with Crippen molar-refractivity contribution in [1.82, 2.24) is 9.78 Å². The van der Waals surface area contributed by atoms with Crippen molar-refractivity contribution in [2.24, 2.45) is 23.2 Å². The summed E-state index contributed by atoms with van der Waals surface area (Å²) in [4.78, 5) is 25.2. The van der Waals surface area contributed by atoms with Crippen molar-refractivity contribution >= 4 is 18.0 Å². The van der Waals surface area contributed by atoms with E-state index in [2.05, 4.69) is 24.2 Å². The molecule has 33 heavy (non-hydrogen) atoms. The molecule has 1 heterocycles. The molecular formula is C26H27FN2O4. The zero-order valence-corrected chi connectivity index (χ0v) is 19.0. The lowest BCUT2D eigenvalue weighted by Gasteiger charge is -2.49. The van der Waals surface area contributed by atoms with Gasteiger partial charge in [-0.15, -0.1) is 0 Å². The second-order valence-electron chi connectivity index (χ2n) is 9.34. The van der Waals surface area contributed by atoms with Gasteiger partial charge in [-0.05, 0) is 67.5 Å². The van der Waals surface area contributed by atoms with Crippen molar-refractivity contribution in [3.05, 3.63) is 64.8 Å². The highest BCUT2D eigenvalue weighted by Gasteiger charge is 2.52. The fourth-order valence-corrected chi connectivity index (χ4v) is 6.09. The van der Waals surface area contributed by atoms with Gasteiger partial charge in [-0.2, -0.15) is 5.10 Å². The summed E-state index contributed by atoms with van der Waals surface area (Å²) >= 11 is 0. The van der Waals surface area contributed by atoms with E-state index in [0.29, 0.717) is 6.42 Å². The first kappa shape index (κ1) is 21.6. The summed E-state index contributed by atoms with van der Waals surface area (Å²) in [5.74, 6) is -2.11. The summed E-state index contributed by atoms with van der Waals surface area (Å²) in [6.07, 6.45) is 9.02. The molecule has 4 atom stereocenters. The summed E-state index contributed by atoms with van der Waals surface area (Å²) in [5.41, 5.74) is 5.19. The molecule has 1 aromatic carbocycles. The molecule has 0 unspecified atom stereocenters. The van der Waals surface area contributed by atoms with Crippen molar-refractivity contribution in [3.63, 3.8) is 0 Å². The third-order valence-corrected chi connectivity index (χ3v) is 7.72. The number of nitrogens with zero attached hydrogens (tertiary/aromatic N) is 2. The highest BCUT2D eigenvalue weighted by atomic mass is 19.1. The van der Waals surface area contributed by atoms with Gasteiger partial charge in [-0.25, -0.2) is 9.07 Å². The molecule has 0 amide bonds. The molecule has 3 aliphatic rings. The average molecular weight is 451 g/mol. The monoisotopic (exact) mass is 450 g/mol. The molecule has 0 spiro atoms. The van der Waals surface area contributed by atoms with Gasteiger partial charge < -0.3 is 9.47 Å². The van der Waals surface area contributed by atoms with Crippen LogP contribution in [0.2, 0.25) is 0 Å².